The molecule has 0 unspecified atom stereocenters. The molecule has 0 heterocycles. The smallest absolute Gasteiger partial charge is 0.220 e. The van der Waals surface area contributed by atoms with Crippen molar-refractivity contribution in [3.8, 4) is 0 Å². The van der Waals surface area contributed by atoms with Gasteiger partial charge in [0, 0.05) is 19.5 Å². The van der Waals surface area contributed by atoms with Crippen molar-refractivity contribution < 1.29 is 4.79 Å². The molecular formula is C15H25ClN2O. The Kier molecular flexibility index (Phi) is 10.2. The first-order chi connectivity index (χ1) is 8.72. The summed E-state index contributed by atoms with van der Waals surface area (Å²) in [7, 11) is 0. The Morgan fingerprint density at radius 3 is 2.47 bits per heavy atom. The molecule has 0 saturated heterocycles. The van der Waals surface area contributed by atoms with Gasteiger partial charge < -0.3 is 10.6 Å². The predicted molar refractivity (Wildman–Crippen MR) is 82.9 cm³/mol. The second kappa shape index (κ2) is 10.8. The summed E-state index contributed by atoms with van der Waals surface area (Å²) < 4.78 is 0. The van der Waals surface area contributed by atoms with E-state index < -0.39 is 0 Å². The molecule has 3 nitrogen and oxygen atoms in total. The molecule has 1 rings (SSSR count). The number of likely N-dealkylation sites (N-methyl/N-ethyl adjacent to an activating group) is 1. The maximum atomic E-state index is 11.5. The van der Waals surface area contributed by atoms with Crippen LogP contribution in [0, 0.1) is 6.92 Å². The van der Waals surface area contributed by atoms with Crippen LogP contribution in [0.3, 0.4) is 0 Å². The monoisotopic (exact) mass is 284 g/mol. The van der Waals surface area contributed by atoms with Gasteiger partial charge in [-0.25, -0.2) is 0 Å². The molecule has 0 bridgehead atoms. The van der Waals surface area contributed by atoms with E-state index in [1.165, 1.54) is 11.1 Å². The molecule has 1 amide bonds. The van der Waals surface area contributed by atoms with Gasteiger partial charge in [0.2, 0.25) is 5.91 Å². The van der Waals surface area contributed by atoms with Crippen LogP contribution in [0.1, 0.15) is 30.9 Å². The Bertz CT molecular complexity index is 352. The Balaban J connectivity index is 0.00000324. The molecule has 108 valence electrons. The second-order valence-corrected chi connectivity index (χ2v) is 4.54. The number of amides is 1. The van der Waals surface area contributed by atoms with Crippen LogP contribution < -0.4 is 10.6 Å². The van der Waals surface area contributed by atoms with Crippen molar-refractivity contribution in [3.05, 3.63) is 35.4 Å². The molecule has 0 spiro atoms. The molecule has 0 radical (unpaired) electrons. The quantitative estimate of drug-likeness (QED) is 0.720. The van der Waals surface area contributed by atoms with E-state index in [2.05, 4.69) is 48.7 Å². The van der Waals surface area contributed by atoms with Crippen LogP contribution in [0.15, 0.2) is 24.3 Å². The number of carbonyl (C=O) groups excluding carboxylic acids is 1. The van der Waals surface area contributed by atoms with Crippen LogP contribution in [0.2, 0.25) is 0 Å². The van der Waals surface area contributed by atoms with Crippen molar-refractivity contribution in [2.45, 2.75) is 33.1 Å². The second-order valence-electron chi connectivity index (χ2n) is 4.54. The van der Waals surface area contributed by atoms with Crippen LogP contribution in [0.25, 0.3) is 0 Å². The minimum atomic E-state index is 0. The van der Waals surface area contributed by atoms with Gasteiger partial charge >= 0.3 is 0 Å². The zero-order chi connectivity index (χ0) is 13.2. The van der Waals surface area contributed by atoms with Gasteiger partial charge in [-0.1, -0.05) is 36.8 Å². The van der Waals surface area contributed by atoms with Crippen molar-refractivity contribution in [2.75, 3.05) is 19.6 Å². The molecule has 2 N–H and O–H groups in total. The van der Waals surface area contributed by atoms with E-state index >= 15 is 0 Å². The summed E-state index contributed by atoms with van der Waals surface area (Å²) in [6.45, 7) is 6.66. The zero-order valence-corrected chi connectivity index (χ0v) is 12.7. The molecule has 4 heteroatoms. The minimum absolute atomic E-state index is 0. The lowest BCUT2D eigenvalue weighted by Crippen LogP contribution is -2.31. The highest BCUT2D eigenvalue weighted by atomic mass is 35.5. The Morgan fingerprint density at radius 2 is 1.84 bits per heavy atom. The van der Waals surface area contributed by atoms with Crippen LogP contribution in [-0.4, -0.2) is 25.5 Å². The topological polar surface area (TPSA) is 41.1 Å². The van der Waals surface area contributed by atoms with Crippen LogP contribution >= 0.6 is 12.4 Å². The molecule has 1 aromatic rings. The van der Waals surface area contributed by atoms with Gasteiger partial charge in [0.1, 0.15) is 0 Å². The van der Waals surface area contributed by atoms with Crippen molar-refractivity contribution in [2.24, 2.45) is 0 Å². The number of rotatable bonds is 8. The summed E-state index contributed by atoms with van der Waals surface area (Å²) >= 11 is 0. The van der Waals surface area contributed by atoms with Gasteiger partial charge in [-0.2, -0.15) is 0 Å². The first-order valence-corrected chi connectivity index (χ1v) is 6.75. The standard InChI is InChI=1S/C15H24N2O.ClH/c1-3-16-11-12-17-15(18)6-4-5-14-9-7-13(2)8-10-14;/h7-10,16H,3-6,11-12H2,1-2H3,(H,17,18);1H. The van der Waals surface area contributed by atoms with Gasteiger partial charge in [0.05, 0.1) is 0 Å². The fourth-order valence-corrected chi connectivity index (χ4v) is 1.76. The minimum Gasteiger partial charge on any atom is -0.355 e. The number of benzene rings is 1. The Hall–Kier alpha value is -1.06. The van der Waals surface area contributed by atoms with E-state index in [1.807, 2.05) is 0 Å². The SMILES string of the molecule is CCNCCNC(=O)CCCc1ccc(C)cc1.Cl. The number of aryl methyl sites for hydroxylation is 2. The maximum Gasteiger partial charge on any atom is 0.220 e. The van der Waals surface area contributed by atoms with E-state index in [0.717, 1.165) is 32.5 Å². The van der Waals surface area contributed by atoms with E-state index in [4.69, 9.17) is 0 Å². The van der Waals surface area contributed by atoms with Gasteiger partial charge in [-0.15, -0.1) is 12.4 Å². The van der Waals surface area contributed by atoms with Crippen LogP contribution in [0.4, 0.5) is 0 Å². The third-order valence-corrected chi connectivity index (χ3v) is 2.86. The average molecular weight is 285 g/mol. The highest BCUT2D eigenvalue weighted by Gasteiger charge is 2.00. The lowest BCUT2D eigenvalue weighted by molar-refractivity contribution is -0.121. The number of hydrogen-bond acceptors (Lipinski definition) is 2. The lowest BCUT2D eigenvalue weighted by atomic mass is 10.1. The van der Waals surface area contributed by atoms with Crippen molar-refractivity contribution in [1.29, 1.82) is 0 Å². The highest BCUT2D eigenvalue weighted by molar-refractivity contribution is 5.85. The Morgan fingerprint density at radius 1 is 1.16 bits per heavy atom. The van der Waals surface area contributed by atoms with Crippen LogP contribution in [0.5, 0.6) is 0 Å². The summed E-state index contributed by atoms with van der Waals surface area (Å²) in [6, 6.07) is 8.51. The molecule has 0 aromatic heterocycles. The average Bonchev–Trinajstić information content (AvgIpc) is 2.37. The first kappa shape index (κ1) is 17.9. The summed E-state index contributed by atoms with van der Waals surface area (Å²) in [5.41, 5.74) is 2.58. The summed E-state index contributed by atoms with van der Waals surface area (Å²) in [5.74, 6) is 0.153. The first-order valence-electron chi connectivity index (χ1n) is 6.75. The normalized spacial score (nSPS) is 9.79. The van der Waals surface area contributed by atoms with Gasteiger partial charge in [0.25, 0.3) is 0 Å². The predicted octanol–water partition coefficient (Wildman–Crippen LogP) is 2.47. The molecule has 0 aliphatic carbocycles. The van der Waals surface area contributed by atoms with E-state index in [9.17, 15) is 4.79 Å². The maximum absolute atomic E-state index is 11.5. The van der Waals surface area contributed by atoms with E-state index in [0.29, 0.717) is 6.42 Å². The van der Waals surface area contributed by atoms with Crippen LogP contribution in [-0.2, 0) is 11.2 Å². The molecule has 19 heavy (non-hydrogen) atoms. The fraction of sp³-hybridized carbons (Fsp3) is 0.533. The summed E-state index contributed by atoms with van der Waals surface area (Å²) in [5, 5.41) is 6.09. The summed E-state index contributed by atoms with van der Waals surface area (Å²) in [4.78, 5) is 11.5. The third kappa shape index (κ3) is 8.62. The fourth-order valence-electron chi connectivity index (χ4n) is 1.76. The summed E-state index contributed by atoms with van der Waals surface area (Å²) in [6.07, 6.45) is 2.50. The number of hydrogen-bond donors (Lipinski definition) is 2. The van der Waals surface area contributed by atoms with Gasteiger partial charge in [-0.3, -0.25) is 4.79 Å². The molecule has 1 aromatic carbocycles. The van der Waals surface area contributed by atoms with Gasteiger partial charge in [0.15, 0.2) is 0 Å². The van der Waals surface area contributed by atoms with Crippen molar-refractivity contribution >= 4 is 18.3 Å². The number of nitrogens with one attached hydrogen (secondary N) is 2. The Labute approximate surface area is 122 Å². The largest absolute Gasteiger partial charge is 0.355 e. The van der Waals surface area contributed by atoms with Crippen molar-refractivity contribution in [1.82, 2.24) is 10.6 Å². The number of halogens is 1. The van der Waals surface area contributed by atoms with Gasteiger partial charge in [-0.05, 0) is 31.9 Å². The third-order valence-electron chi connectivity index (χ3n) is 2.86. The molecule has 0 aliphatic heterocycles. The molecule has 0 fully saturated rings. The van der Waals surface area contributed by atoms with Crippen molar-refractivity contribution in [3.63, 3.8) is 0 Å². The molecular weight excluding hydrogens is 260 g/mol. The highest BCUT2D eigenvalue weighted by Crippen LogP contribution is 2.06. The molecule has 0 atom stereocenters. The number of carbonyl (C=O) groups is 1. The van der Waals surface area contributed by atoms with E-state index in [1.54, 1.807) is 0 Å². The molecule has 0 aliphatic rings. The van der Waals surface area contributed by atoms with E-state index in [-0.39, 0.29) is 18.3 Å². The molecule has 0 saturated carbocycles. The lowest BCUT2D eigenvalue weighted by Gasteiger charge is -2.05. The zero-order valence-electron chi connectivity index (χ0n) is 11.9.